The molecule has 6 nitrogen and oxygen atoms in total. The minimum atomic E-state index is -3.56. The van der Waals surface area contributed by atoms with Gasteiger partial charge in [-0.1, -0.05) is 44.2 Å². The van der Waals surface area contributed by atoms with E-state index < -0.39 is 10.1 Å². The first-order valence-corrected chi connectivity index (χ1v) is 17.6. The zero-order valence-corrected chi connectivity index (χ0v) is 25.7. The molecule has 5 aliphatic rings. The van der Waals surface area contributed by atoms with Crippen LogP contribution in [0.2, 0.25) is 0 Å². The van der Waals surface area contributed by atoms with E-state index in [1.807, 2.05) is 13.0 Å². The Morgan fingerprint density at radius 3 is 2.52 bits per heavy atom. The Bertz CT molecular complexity index is 1190. The molecule has 40 heavy (non-hydrogen) atoms. The van der Waals surface area contributed by atoms with Crippen LogP contribution in [0, 0.1) is 40.4 Å². The molecule has 1 aliphatic heterocycles. The molecule has 4 aliphatic carbocycles. The lowest BCUT2D eigenvalue weighted by molar-refractivity contribution is -0.156. The number of benzene rings is 1. The predicted octanol–water partition coefficient (Wildman–Crippen LogP) is 5.50. The third-order valence-corrected chi connectivity index (χ3v) is 13.0. The number of Topliss-reactive ketones (excluding diaryl/α,β-unsaturated/α-hetero) is 1. The highest BCUT2D eigenvalue weighted by molar-refractivity contribution is 7.86. The minimum absolute atomic E-state index is 0.0683. The van der Waals surface area contributed by atoms with E-state index in [9.17, 15) is 13.2 Å². The van der Waals surface area contributed by atoms with Crippen LogP contribution >= 0.6 is 0 Å². The molecule has 10 atom stereocenters. The summed E-state index contributed by atoms with van der Waals surface area (Å²) in [6.45, 7) is 9.04. The second kappa shape index (κ2) is 10.8. The van der Waals surface area contributed by atoms with Crippen LogP contribution < -0.4 is 0 Å². The Morgan fingerprint density at radius 2 is 1.80 bits per heavy atom. The molecule has 0 N–H and O–H groups in total. The summed E-state index contributed by atoms with van der Waals surface area (Å²) < 4.78 is 37.0. The lowest BCUT2D eigenvalue weighted by atomic mass is 9.44. The van der Waals surface area contributed by atoms with Crippen molar-refractivity contribution in [2.45, 2.75) is 96.8 Å². The van der Waals surface area contributed by atoms with Crippen LogP contribution in [0.4, 0.5) is 0 Å². The predicted molar refractivity (Wildman–Crippen MR) is 156 cm³/mol. The Labute approximate surface area is 241 Å². The number of carbonyl (C=O) groups excluding carboxylic acids is 1. The number of carbonyl (C=O) groups is 1. The number of ether oxygens (including phenoxy) is 1. The average Bonchev–Trinajstić information content (AvgIpc) is 3.26. The molecule has 0 amide bonds. The Morgan fingerprint density at radius 1 is 1.05 bits per heavy atom. The third kappa shape index (κ3) is 5.22. The topological polar surface area (TPSA) is 72.9 Å². The molecule has 1 aromatic carbocycles. The van der Waals surface area contributed by atoms with Crippen molar-refractivity contribution in [2.24, 2.45) is 40.4 Å². The van der Waals surface area contributed by atoms with E-state index in [4.69, 9.17) is 8.92 Å². The Balaban J connectivity index is 1.25. The lowest BCUT2D eigenvalue weighted by Crippen LogP contribution is -2.62. The van der Waals surface area contributed by atoms with Gasteiger partial charge in [-0.2, -0.15) is 8.42 Å². The number of hydrogen-bond acceptors (Lipinski definition) is 6. The van der Waals surface area contributed by atoms with Gasteiger partial charge in [-0.3, -0.25) is 13.9 Å². The fraction of sp³-hybridized carbons (Fsp3) is 0.788. The van der Waals surface area contributed by atoms with Crippen molar-refractivity contribution in [3.63, 3.8) is 0 Å². The fourth-order valence-electron chi connectivity index (χ4n) is 10.7. The van der Waals surface area contributed by atoms with Gasteiger partial charge in [0.1, 0.15) is 5.78 Å². The van der Waals surface area contributed by atoms with Crippen molar-refractivity contribution >= 4 is 15.9 Å². The number of fused-ring (bicyclic) bond motifs is 5. The molecular formula is C33H49NO5S. The van der Waals surface area contributed by atoms with Crippen LogP contribution in [0.25, 0.3) is 0 Å². The van der Waals surface area contributed by atoms with Crippen molar-refractivity contribution in [3.05, 3.63) is 35.9 Å². The number of nitrogens with zero attached hydrogens (tertiary/aromatic N) is 1. The fourth-order valence-corrected chi connectivity index (χ4v) is 11.3. The zero-order chi connectivity index (χ0) is 28.3. The molecule has 4 saturated carbocycles. The van der Waals surface area contributed by atoms with Crippen molar-refractivity contribution in [1.29, 1.82) is 0 Å². The maximum Gasteiger partial charge on any atom is 0.264 e. The van der Waals surface area contributed by atoms with Crippen LogP contribution in [0.5, 0.6) is 0 Å². The van der Waals surface area contributed by atoms with Crippen LogP contribution in [0.15, 0.2) is 30.3 Å². The molecule has 6 rings (SSSR count). The normalized spacial score (nSPS) is 43.9. The van der Waals surface area contributed by atoms with Gasteiger partial charge in [0.05, 0.1) is 25.1 Å². The highest BCUT2D eigenvalue weighted by Gasteiger charge is 2.62. The van der Waals surface area contributed by atoms with E-state index in [-0.39, 0.29) is 35.0 Å². The van der Waals surface area contributed by atoms with E-state index in [1.54, 1.807) is 0 Å². The summed E-state index contributed by atoms with van der Waals surface area (Å²) in [6, 6.07) is 10.6. The van der Waals surface area contributed by atoms with Gasteiger partial charge in [-0.25, -0.2) is 0 Å². The van der Waals surface area contributed by atoms with E-state index in [0.717, 1.165) is 51.6 Å². The zero-order valence-electron chi connectivity index (χ0n) is 24.9. The van der Waals surface area contributed by atoms with E-state index >= 15 is 0 Å². The first kappa shape index (κ1) is 28.8. The first-order valence-electron chi connectivity index (χ1n) is 15.8. The molecule has 1 heterocycles. The Hall–Kier alpha value is -1.28. The third-order valence-electron chi connectivity index (χ3n) is 12.4. The summed E-state index contributed by atoms with van der Waals surface area (Å²) in [5.41, 5.74) is 1.59. The minimum Gasteiger partial charge on any atom is -0.375 e. The van der Waals surface area contributed by atoms with Gasteiger partial charge < -0.3 is 4.74 Å². The highest BCUT2D eigenvalue weighted by atomic mass is 32.2. The SMILES string of the molecule is CC(=O)[C@H]1CC[C@H]2[C@@H]3CC[C@H]4C[C@H](OS(C)(=O)=O)[C@@H](N5CCO[C@@H](Cc6ccccc6)C5)C[C@]4(C)[C@H]3CC[C@]12C. The van der Waals surface area contributed by atoms with Gasteiger partial charge in [0.15, 0.2) is 0 Å². The maximum absolute atomic E-state index is 12.6. The number of ketones is 1. The molecule has 1 saturated heterocycles. The molecule has 1 aromatic rings. The summed E-state index contributed by atoms with van der Waals surface area (Å²) >= 11 is 0. The molecule has 7 heteroatoms. The largest absolute Gasteiger partial charge is 0.375 e. The van der Waals surface area contributed by atoms with Gasteiger partial charge in [0.25, 0.3) is 10.1 Å². The summed E-state index contributed by atoms with van der Waals surface area (Å²) in [6.07, 6.45) is 10.6. The lowest BCUT2D eigenvalue weighted by Gasteiger charge is -2.63. The van der Waals surface area contributed by atoms with Crippen molar-refractivity contribution in [2.75, 3.05) is 26.0 Å². The molecule has 222 valence electrons. The van der Waals surface area contributed by atoms with Crippen molar-refractivity contribution in [3.8, 4) is 0 Å². The van der Waals surface area contributed by atoms with E-state index in [2.05, 4.69) is 43.0 Å². The second-order valence-corrected chi connectivity index (χ2v) is 16.1. The monoisotopic (exact) mass is 571 g/mol. The standard InChI is InChI=1S/C33H49NO5S/c1-22(35)27-12-13-28-26-11-10-24-19-31(39-40(4,36)37)30(20-33(24,3)29(26)14-15-32(27,28)2)34-16-17-38-25(21-34)18-23-8-6-5-7-9-23/h5-9,24-31H,10-21H2,1-4H3/t24-,25-,26-,27+,28-,29-,30-,31-,32+,33-/m0/s1. The number of hydrogen-bond donors (Lipinski definition) is 0. The van der Waals surface area contributed by atoms with Gasteiger partial charge in [0, 0.05) is 25.0 Å². The summed E-state index contributed by atoms with van der Waals surface area (Å²) in [5, 5.41) is 0. The molecule has 0 radical (unpaired) electrons. The molecule has 0 aromatic heterocycles. The number of morpholine rings is 1. The highest BCUT2D eigenvalue weighted by Crippen LogP contribution is 2.67. The smallest absolute Gasteiger partial charge is 0.264 e. The summed E-state index contributed by atoms with van der Waals surface area (Å²) in [7, 11) is -3.56. The van der Waals surface area contributed by atoms with Crippen LogP contribution in [-0.2, 0) is 30.3 Å². The molecular weight excluding hydrogens is 522 g/mol. The molecule has 0 bridgehead atoms. The van der Waals surface area contributed by atoms with E-state index in [0.29, 0.717) is 36.1 Å². The van der Waals surface area contributed by atoms with Crippen molar-refractivity contribution in [1.82, 2.24) is 4.90 Å². The first-order chi connectivity index (χ1) is 19.0. The number of rotatable bonds is 6. The molecule has 5 fully saturated rings. The summed E-state index contributed by atoms with van der Waals surface area (Å²) in [4.78, 5) is 15.1. The molecule has 0 unspecified atom stereocenters. The second-order valence-electron chi connectivity index (χ2n) is 14.5. The van der Waals surface area contributed by atoms with Gasteiger partial charge >= 0.3 is 0 Å². The van der Waals surface area contributed by atoms with Crippen LogP contribution in [-0.4, -0.2) is 63.3 Å². The average molecular weight is 572 g/mol. The van der Waals surface area contributed by atoms with Crippen molar-refractivity contribution < 1.29 is 22.1 Å². The molecule has 0 spiro atoms. The van der Waals surface area contributed by atoms with Crippen LogP contribution in [0.1, 0.15) is 77.7 Å². The Kier molecular flexibility index (Phi) is 7.76. The van der Waals surface area contributed by atoms with E-state index in [1.165, 1.54) is 31.1 Å². The quantitative estimate of drug-likeness (QED) is 0.420. The van der Waals surface area contributed by atoms with Crippen LogP contribution in [0.3, 0.4) is 0 Å². The maximum atomic E-state index is 12.6. The summed E-state index contributed by atoms with van der Waals surface area (Å²) in [5.74, 6) is 3.04. The van der Waals surface area contributed by atoms with Gasteiger partial charge in [-0.15, -0.1) is 0 Å². The van der Waals surface area contributed by atoms with Gasteiger partial charge in [-0.05, 0) is 105 Å². The van der Waals surface area contributed by atoms with Gasteiger partial charge in [0.2, 0.25) is 0 Å².